The SMILES string of the molecule is COc1ccc(Br)c2nccc(Cl)c12. The molecule has 4 heteroatoms. The fourth-order valence-corrected chi connectivity index (χ4v) is 2.01. The number of pyridine rings is 1. The van der Waals surface area contributed by atoms with Gasteiger partial charge in [0, 0.05) is 10.7 Å². The lowest BCUT2D eigenvalue weighted by Gasteiger charge is -2.07. The Morgan fingerprint density at radius 3 is 2.86 bits per heavy atom. The van der Waals surface area contributed by atoms with Crippen molar-refractivity contribution in [3.8, 4) is 5.75 Å². The van der Waals surface area contributed by atoms with Gasteiger partial charge in [-0.3, -0.25) is 4.98 Å². The highest BCUT2D eigenvalue weighted by Gasteiger charge is 2.08. The van der Waals surface area contributed by atoms with Crippen LogP contribution in [0.25, 0.3) is 10.9 Å². The van der Waals surface area contributed by atoms with Crippen molar-refractivity contribution in [2.75, 3.05) is 7.11 Å². The smallest absolute Gasteiger partial charge is 0.129 e. The summed E-state index contributed by atoms with van der Waals surface area (Å²) in [6.07, 6.45) is 1.68. The van der Waals surface area contributed by atoms with Gasteiger partial charge in [0.1, 0.15) is 5.75 Å². The van der Waals surface area contributed by atoms with Crippen LogP contribution in [-0.4, -0.2) is 12.1 Å². The maximum Gasteiger partial charge on any atom is 0.129 e. The number of nitrogens with zero attached hydrogens (tertiary/aromatic N) is 1. The molecular weight excluding hydrogens is 265 g/mol. The van der Waals surface area contributed by atoms with Gasteiger partial charge in [-0.25, -0.2) is 0 Å². The van der Waals surface area contributed by atoms with Gasteiger partial charge in [0.15, 0.2) is 0 Å². The molecule has 0 aliphatic carbocycles. The Morgan fingerprint density at radius 2 is 2.14 bits per heavy atom. The number of rotatable bonds is 1. The Balaban J connectivity index is 2.92. The van der Waals surface area contributed by atoms with Crippen molar-refractivity contribution in [2.24, 2.45) is 0 Å². The van der Waals surface area contributed by atoms with E-state index in [1.165, 1.54) is 0 Å². The zero-order valence-electron chi connectivity index (χ0n) is 7.42. The van der Waals surface area contributed by atoms with Gasteiger partial charge in [-0.05, 0) is 34.1 Å². The Kier molecular flexibility index (Phi) is 2.61. The zero-order valence-corrected chi connectivity index (χ0v) is 9.76. The number of halogens is 2. The Morgan fingerprint density at radius 1 is 1.36 bits per heavy atom. The second-order valence-corrected chi connectivity index (χ2v) is 4.03. The van der Waals surface area contributed by atoms with Gasteiger partial charge in [0.2, 0.25) is 0 Å². The normalized spacial score (nSPS) is 10.5. The number of fused-ring (bicyclic) bond motifs is 1. The molecule has 0 amide bonds. The molecule has 2 rings (SSSR count). The molecule has 0 saturated heterocycles. The van der Waals surface area contributed by atoms with Gasteiger partial charge in [0.05, 0.1) is 23.0 Å². The van der Waals surface area contributed by atoms with E-state index in [4.69, 9.17) is 16.3 Å². The molecule has 0 fully saturated rings. The first kappa shape index (κ1) is 9.74. The molecule has 0 saturated carbocycles. The molecule has 2 aromatic rings. The molecule has 0 unspecified atom stereocenters. The molecule has 0 bridgehead atoms. The Labute approximate surface area is 95.0 Å². The highest BCUT2D eigenvalue weighted by Crippen LogP contribution is 2.34. The third-order valence-corrected chi connectivity index (χ3v) is 2.93. The van der Waals surface area contributed by atoms with E-state index in [9.17, 15) is 0 Å². The fraction of sp³-hybridized carbons (Fsp3) is 0.100. The minimum absolute atomic E-state index is 0.646. The molecular formula is C10H7BrClNO. The fourth-order valence-electron chi connectivity index (χ4n) is 1.33. The molecule has 0 aliphatic rings. The minimum Gasteiger partial charge on any atom is -0.496 e. The van der Waals surface area contributed by atoms with Crippen LogP contribution in [0.3, 0.4) is 0 Å². The van der Waals surface area contributed by atoms with E-state index in [1.807, 2.05) is 12.1 Å². The lowest BCUT2D eigenvalue weighted by Crippen LogP contribution is -1.88. The van der Waals surface area contributed by atoms with Crippen LogP contribution in [0.15, 0.2) is 28.9 Å². The van der Waals surface area contributed by atoms with Gasteiger partial charge >= 0.3 is 0 Å². The van der Waals surface area contributed by atoms with E-state index in [1.54, 1.807) is 19.4 Å². The molecule has 1 aromatic heterocycles. The molecule has 0 aliphatic heterocycles. The average molecular weight is 273 g/mol. The zero-order chi connectivity index (χ0) is 10.1. The lowest BCUT2D eigenvalue weighted by atomic mass is 10.2. The van der Waals surface area contributed by atoms with Crippen LogP contribution in [-0.2, 0) is 0 Å². The summed E-state index contributed by atoms with van der Waals surface area (Å²) in [6.45, 7) is 0. The maximum absolute atomic E-state index is 6.07. The third-order valence-electron chi connectivity index (χ3n) is 1.97. The largest absolute Gasteiger partial charge is 0.496 e. The van der Waals surface area contributed by atoms with E-state index in [-0.39, 0.29) is 0 Å². The maximum atomic E-state index is 6.07. The number of methoxy groups -OCH3 is 1. The van der Waals surface area contributed by atoms with Crippen LogP contribution < -0.4 is 4.74 Å². The number of aromatic nitrogens is 1. The van der Waals surface area contributed by atoms with Crippen LogP contribution in [0.4, 0.5) is 0 Å². The van der Waals surface area contributed by atoms with Gasteiger partial charge in [-0.15, -0.1) is 0 Å². The van der Waals surface area contributed by atoms with Crippen molar-refractivity contribution >= 4 is 38.4 Å². The van der Waals surface area contributed by atoms with Crippen molar-refractivity contribution in [1.29, 1.82) is 0 Å². The van der Waals surface area contributed by atoms with E-state index in [0.29, 0.717) is 5.02 Å². The summed E-state index contributed by atoms with van der Waals surface area (Å²) >= 11 is 9.49. The second kappa shape index (κ2) is 3.75. The number of hydrogen-bond donors (Lipinski definition) is 0. The first-order chi connectivity index (χ1) is 6.74. The highest BCUT2D eigenvalue weighted by atomic mass is 79.9. The molecule has 0 atom stereocenters. The van der Waals surface area contributed by atoms with Crippen molar-refractivity contribution in [2.45, 2.75) is 0 Å². The van der Waals surface area contributed by atoms with Crippen LogP contribution in [0, 0.1) is 0 Å². The standard InChI is InChI=1S/C10H7BrClNO/c1-14-8-3-2-6(11)10-9(8)7(12)4-5-13-10/h2-5H,1H3. The topological polar surface area (TPSA) is 22.1 Å². The monoisotopic (exact) mass is 271 g/mol. The molecule has 0 N–H and O–H groups in total. The molecule has 0 radical (unpaired) electrons. The van der Waals surface area contributed by atoms with E-state index in [0.717, 1.165) is 21.1 Å². The van der Waals surface area contributed by atoms with Gasteiger partial charge in [-0.1, -0.05) is 11.6 Å². The summed E-state index contributed by atoms with van der Waals surface area (Å²) in [5.74, 6) is 0.737. The first-order valence-corrected chi connectivity index (χ1v) is 5.18. The van der Waals surface area contributed by atoms with Crippen molar-refractivity contribution in [3.05, 3.63) is 33.9 Å². The predicted molar refractivity (Wildman–Crippen MR) is 61.0 cm³/mol. The average Bonchev–Trinajstić information content (AvgIpc) is 2.20. The highest BCUT2D eigenvalue weighted by molar-refractivity contribution is 9.10. The van der Waals surface area contributed by atoms with E-state index >= 15 is 0 Å². The Hall–Kier alpha value is -0.800. The van der Waals surface area contributed by atoms with Gasteiger partial charge < -0.3 is 4.74 Å². The van der Waals surface area contributed by atoms with Crippen LogP contribution >= 0.6 is 27.5 Å². The van der Waals surface area contributed by atoms with Crippen molar-refractivity contribution < 1.29 is 4.74 Å². The Bertz CT molecular complexity index is 487. The minimum atomic E-state index is 0.646. The predicted octanol–water partition coefficient (Wildman–Crippen LogP) is 3.66. The summed E-state index contributed by atoms with van der Waals surface area (Å²) in [7, 11) is 1.62. The number of ether oxygens (including phenoxy) is 1. The molecule has 72 valence electrons. The molecule has 1 aromatic carbocycles. The molecule has 0 spiro atoms. The van der Waals surface area contributed by atoms with Gasteiger partial charge in [-0.2, -0.15) is 0 Å². The van der Waals surface area contributed by atoms with Crippen LogP contribution in [0.5, 0.6) is 5.75 Å². The van der Waals surface area contributed by atoms with Gasteiger partial charge in [0.25, 0.3) is 0 Å². The molecule has 1 heterocycles. The van der Waals surface area contributed by atoms with Crippen molar-refractivity contribution in [1.82, 2.24) is 4.98 Å². The van der Waals surface area contributed by atoms with E-state index in [2.05, 4.69) is 20.9 Å². The quantitative estimate of drug-likeness (QED) is 0.790. The lowest BCUT2D eigenvalue weighted by molar-refractivity contribution is 0.419. The number of hydrogen-bond acceptors (Lipinski definition) is 2. The molecule has 2 nitrogen and oxygen atoms in total. The summed E-state index contributed by atoms with van der Waals surface area (Å²) < 4.78 is 6.13. The summed E-state index contributed by atoms with van der Waals surface area (Å²) in [4.78, 5) is 4.24. The van der Waals surface area contributed by atoms with Crippen LogP contribution in [0.1, 0.15) is 0 Å². The summed E-state index contributed by atoms with van der Waals surface area (Å²) in [5, 5.41) is 1.49. The van der Waals surface area contributed by atoms with E-state index < -0.39 is 0 Å². The third kappa shape index (κ3) is 1.47. The second-order valence-electron chi connectivity index (χ2n) is 2.77. The van der Waals surface area contributed by atoms with Crippen molar-refractivity contribution in [3.63, 3.8) is 0 Å². The summed E-state index contributed by atoms with van der Waals surface area (Å²) in [5.41, 5.74) is 0.817. The number of benzene rings is 1. The van der Waals surface area contributed by atoms with Crippen LogP contribution in [0.2, 0.25) is 5.02 Å². The molecule has 14 heavy (non-hydrogen) atoms. The first-order valence-electron chi connectivity index (χ1n) is 4.00. The summed E-state index contributed by atoms with van der Waals surface area (Å²) in [6, 6.07) is 5.50.